The zero-order valence-corrected chi connectivity index (χ0v) is 8.98. The Morgan fingerprint density at radius 2 is 1.50 bits per heavy atom. The Morgan fingerprint density at radius 1 is 1.07 bits per heavy atom. The maximum absolute atomic E-state index is 10.0. The van der Waals surface area contributed by atoms with Crippen LogP contribution in [0.3, 0.4) is 0 Å². The first-order chi connectivity index (χ1) is 6.77. The van der Waals surface area contributed by atoms with Crippen molar-refractivity contribution in [3.8, 4) is 0 Å². The lowest BCUT2D eigenvalue weighted by Crippen LogP contribution is -2.58. The van der Waals surface area contributed by atoms with E-state index >= 15 is 0 Å². The van der Waals surface area contributed by atoms with Crippen LogP contribution in [-0.4, -0.2) is 36.6 Å². The van der Waals surface area contributed by atoms with Crippen LogP contribution in [0.15, 0.2) is 0 Å². The highest BCUT2D eigenvalue weighted by Crippen LogP contribution is 2.34. The van der Waals surface area contributed by atoms with Crippen molar-refractivity contribution in [3.63, 3.8) is 0 Å². The highest BCUT2D eigenvalue weighted by Gasteiger charge is 2.46. The van der Waals surface area contributed by atoms with Gasteiger partial charge in [-0.25, -0.2) is 0 Å². The van der Waals surface area contributed by atoms with Gasteiger partial charge in [0.25, 0.3) is 0 Å². The summed E-state index contributed by atoms with van der Waals surface area (Å²) >= 11 is 0. The fourth-order valence-corrected chi connectivity index (χ4v) is 2.33. The molecule has 0 radical (unpaired) electrons. The maximum atomic E-state index is 10.0. The summed E-state index contributed by atoms with van der Waals surface area (Å²) in [6, 6.07) is 0. The van der Waals surface area contributed by atoms with Gasteiger partial charge in [-0.2, -0.15) is 0 Å². The van der Waals surface area contributed by atoms with Crippen molar-refractivity contribution in [3.05, 3.63) is 0 Å². The molecule has 2 aliphatic heterocycles. The molecule has 0 spiro atoms. The van der Waals surface area contributed by atoms with E-state index in [-0.39, 0.29) is 12.2 Å². The normalized spacial score (nSPS) is 43.9. The molecule has 3 heteroatoms. The zero-order valence-electron chi connectivity index (χ0n) is 8.98. The van der Waals surface area contributed by atoms with Crippen LogP contribution in [0.2, 0.25) is 0 Å². The second-order valence-corrected chi connectivity index (χ2v) is 4.42. The molecule has 3 nitrogen and oxygen atoms in total. The van der Waals surface area contributed by atoms with E-state index in [1.807, 2.05) is 0 Å². The van der Waals surface area contributed by atoms with Gasteiger partial charge in [-0.3, -0.25) is 0 Å². The maximum Gasteiger partial charge on any atom is 0.107 e. The molecule has 14 heavy (non-hydrogen) atoms. The molecule has 4 unspecified atom stereocenters. The lowest BCUT2D eigenvalue weighted by molar-refractivity contribution is -0.242. The molecule has 0 aromatic rings. The minimum absolute atomic E-state index is 0.0272. The number of hydrogen-bond acceptors (Lipinski definition) is 3. The Labute approximate surface area is 85.4 Å². The molecule has 0 amide bonds. The van der Waals surface area contributed by atoms with Gasteiger partial charge in [-0.15, -0.1) is 0 Å². The summed E-state index contributed by atoms with van der Waals surface area (Å²) in [6.45, 7) is 5.90. The molecule has 0 aromatic carbocycles. The fourth-order valence-electron chi connectivity index (χ4n) is 2.33. The quantitative estimate of drug-likeness (QED) is 0.741. The van der Waals surface area contributed by atoms with Crippen molar-refractivity contribution in [2.75, 3.05) is 13.2 Å². The predicted octanol–water partition coefficient (Wildman–Crippen LogP) is 1.20. The van der Waals surface area contributed by atoms with Crippen molar-refractivity contribution in [1.82, 2.24) is 0 Å². The highest BCUT2D eigenvalue weighted by molar-refractivity contribution is 4.93. The number of ether oxygens (including phenoxy) is 2. The van der Waals surface area contributed by atoms with Crippen molar-refractivity contribution >= 4 is 0 Å². The van der Waals surface area contributed by atoms with Crippen LogP contribution in [0.4, 0.5) is 0 Å². The summed E-state index contributed by atoms with van der Waals surface area (Å²) < 4.78 is 10.8. The van der Waals surface area contributed by atoms with E-state index in [1.54, 1.807) is 0 Å². The number of hydrogen-bond donors (Lipinski definition) is 1. The molecule has 0 saturated carbocycles. The van der Waals surface area contributed by atoms with Gasteiger partial charge < -0.3 is 14.6 Å². The van der Waals surface area contributed by atoms with Crippen LogP contribution < -0.4 is 0 Å². The smallest absolute Gasteiger partial charge is 0.107 e. The van der Waals surface area contributed by atoms with Crippen LogP contribution in [0.25, 0.3) is 0 Å². The standard InChI is InChI=1S/C11H20O3/c1-3-7-5-13-10(7)9(12)11-8(4-2)6-14-11/h7-12H,3-6H2,1-2H3. The first-order valence-corrected chi connectivity index (χ1v) is 5.69. The molecule has 1 N–H and O–H groups in total. The van der Waals surface area contributed by atoms with E-state index in [0.29, 0.717) is 11.8 Å². The van der Waals surface area contributed by atoms with Crippen molar-refractivity contribution in [2.45, 2.75) is 45.0 Å². The molecule has 4 atom stereocenters. The molecule has 2 rings (SSSR count). The predicted molar refractivity (Wildman–Crippen MR) is 53.0 cm³/mol. The molecule has 0 bridgehead atoms. The van der Waals surface area contributed by atoms with Crippen LogP contribution in [0.5, 0.6) is 0 Å². The third-order valence-electron chi connectivity index (χ3n) is 3.66. The SMILES string of the molecule is CCC1COC1C(O)C1OCC1CC. The Morgan fingerprint density at radius 3 is 1.71 bits per heavy atom. The Balaban J connectivity index is 1.85. The van der Waals surface area contributed by atoms with Gasteiger partial charge in [0.05, 0.1) is 25.4 Å². The lowest BCUT2D eigenvalue weighted by Gasteiger charge is -2.47. The Hall–Kier alpha value is -0.120. The third kappa shape index (κ3) is 1.58. The van der Waals surface area contributed by atoms with Gasteiger partial charge in [0, 0.05) is 11.8 Å². The van der Waals surface area contributed by atoms with Gasteiger partial charge >= 0.3 is 0 Å². The second kappa shape index (κ2) is 4.17. The van der Waals surface area contributed by atoms with Gasteiger partial charge in [0.15, 0.2) is 0 Å². The monoisotopic (exact) mass is 200 g/mol. The van der Waals surface area contributed by atoms with Gasteiger partial charge in [-0.1, -0.05) is 13.8 Å². The molecule has 82 valence electrons. The van der Waals surface area contributed by atoms with E-state index in [1.165, 1.54) is 0 Å². The topological polar surface area (TPSA) is 38.7 Å². The Bertz CT molecular complexity index is 171. The molecule has 2 aliphatic rings. The van der Waals surface area contributed by atoms with E-state index in [9.17, 15) is 5.11 Å². The Kier molecular flexibility index (Phi) is 3.10. The molecule has 0 aromatic heterocycles. The summed E-state index contributed by atoms with van der Waals surface area (Å²) in [5.74, 6) is 1.07. The minimum atomic E-state index is -0.410. The number of aliphatic hydroxyl groups is 1. The van der Waals surface area contributed by atoms with Gasteiger partial charge in [-0.05, 0) is 12.8 Å². The largest absolute Gasteiger partial charge is 0.388 e. The van der Waals surface area contributed by atoms with Gasteiger partial charge in [0.1, 0.15) is 6.10 Å². The van der Waals surface area contributed by atoms with E-state index in [2.05, 4.69) is 13.8 Å². The molecule has 0 aliphatic carbocycles. The molecular weight excluding hydrogens is 180 g/mol. The molecule has 2 saturated heterocycles. The molecule has 2 heterocycles. The van der Waals surface area contributed by atoms with E-state index in [0.717, 1.165) is 26.1 Å². The first kappa shape index (κ1) is 10.4. The second-order valence-electron chi connectivity index (χ2n) is 4.42. The number of rotatable bonds is 4. The number of aliphatic hydroxyl groups excluding tert-OH is 1. The van der Waals surface area contributed by atoms with Crippen LogP contribution in [0, 0.1) is 11.8 Å². The van der Waals surface area contributed by atoms with Crippen LogP contribution >= 0.6 is 0 Å². The highest BCUT2D eigenvalue weighted by atomic mass is 16.5. The van der Waals surface area contributed by atoms with E-state index in [4.69, 9.17) is 9.47 Å². The lowest BCUT2D eigenvalue weighted by atomic mass is 9.82. The minimum Gasteiger partial charge on any atom is -0.388 e. The fraction of sp³-hybridized carbons (Fsp3) is 1.00. The van der Waals surface area contributed by atoms with Crippen LogP contribution in [-0.2, 0) is 9.47 Å². The first-order valence-electron chi connectivity index (χ1n) is 5.69. The average molecular weight is 200 g/mol. The average Bonchev–Trinajstić information content (AvgIpc) is 2.01. The summed E-state index contributed by atoms with van der Waals surface area (Å²) in [5, 5.41) is 10.0. The molecule has 2 fully saturated rings. The van der Waals surface area contributed by atoms with Crippen molar-refractivity contribution in [2.24, 2.45) is 11.8 Å². The van der Waals surface area contributed by atoms with Crippen molar-refractivity contribution < 1.29 is 14.6 Å². The third-order valence-corrected chi connectivity index (χ3v) is 3.66. The van der Waals surface area contributed by atoms with Gasteiger partial charge in [0.2, 0.25) is 0 Å². The summed E-state index contributed by atoms with van der Waals surface area (Å²) in [5.41, 5.74) is 0. The summed E-state index contributed by atoms with van der Waals surface area (Å²) in [4.78, 5) is 0. The summed E-state index contributed by atoms with van der Waals surface area (Å²) in [6.07, 6.45) is 1.82. The molecular formula is C11H20O3. The van der Waals surface area contributed by atoms with Crippen LogP contribution in [0.1, 0.15) is 26.7 Å². The van der Waals surface area contributed by atoms with Crippen molar-refractivity contribution in [1.29, 1.82) is 0 Å². The zero-order chi connectivity index (χ0) is 10.1. The van der Waals surface area contributed by atoms with E-state index < -0.39 is 6.10 Å². The summed E-state index contributed by atoms with van der Waals surface area (Å²) in [7, 11) is 0.